The second-order valence-electron chi connectivity index (χ2n) is 4.20. The van der Waals surface area contributed by atoms with Gasteiger partial charge in [-0.2, -0.15) is 0 Å². The Kier molecular flexibility index (Phi) is 3.60. The van der Waals surface area contributed by atoms with E-state index >= 15 is 0 Å². The first-order chi connectivity index (χ1) is 9.06. The summed E-state index contributed by atoms with van der Waals surface area (Å²) in [6.45, 7) is 5.34. The van der Waals surface area contributed by atoms with Gasteiger partial charge < -0.3 is 14.6 Å². The molecule has 0 aromatic heterocycles. The molecule has 0 saturated carbocycles. The highest BCUT2D eigenvalue weighted by Gasteiger charge is 2.19. The fourth-order valence-corrected chi connectivity index (χ4v) is 2.05. The van der Waals surface area contributed by atoms with Crippen molar-refractivity contribution in [1.82, 2.24) is 0 Å². The number of esters is 1. The van der Waals surface area contributed by atoms with Gasteiger partial charge in [0, 0.05) is 23.3 Å². The van der Waals surface area contributed by atoms with E-state index in [-0.39, 0.29) is 5.75 Å². The van der Waals surface area contributed by atoms with Crippen molar-refractivity contribution in [3.63, 3.8) is 0 Å². The van der Waals surface area contributed by atoms with Crippen LogP contribution in [0.3, 0.4) is 0 Å². The van der Waals surface area contributed by atoms with Gasteiger partial charge in [0.2, 0.25) is 0 Å². The minimum absolute atomic E-state index is 0.148. The highest BCUT2D eigenvalue weighted by Crippen LogP contribution is 2.44. The molecule has 4 heteroatoms. The van der Waals surface area contributed by atoms with Crippen molar-refractivity contribution in [2.45, 2.75) is 20.8 Å². The lowest BCUT2D eigenvalue weighted by Crippen LogP contribution is -2.06. The molecule has 2 aromatic rings. The molecule has 0 bridgehead atoms. The Balaban J connectivity index is 2.81. The number of aromatic hydroxyl groups is 1. The van der Waals surface area contributed by atoms with Crippen LogP contribution in [-0.2, 0) is 4.79 Å². The summed E-state index contributed by atoms with van der Waals surface area (Å²) >= 11 is 0. The molecular formula is C15H16O4. The predicted molar refractivity (Wildman–Crippen MR) is 72.8 cm³/mol. The average molecular weight is 260 g/mol. The van der Waals surface area contributed by atoms with Crippen molar-refractivity contribution >= 4 is 16.7 Å². The zero-order chi connectivity index (χ0) is 14.0. The Bertz CT molecular complexity index is 632. The number of carbonyl (C=O) groups is 1. The maximum Gasteiger partial charge on any atom is 0.308 e. The summed E-state index contributed by atoms with van der Waals surface area (Å²) in [7, 11) is 0. The number of phenolic OH excluding ortho intramolecular Hbond substituents is 1. The zero-order valence-corrected chi connectivity index (χ0v) is 11.2. The Morgan fingerprint density at radius 3 is 2.42 bits per heavy atom. The number of fused-ring (bicyclic) bond motifs is 1. The summed E-state index contributed by atoms with van der Waals surface area (Å²) < 4.78 is 10.8. The number of carbonyl (C=O) groups excluding carboxylic acids is 1. The van der Waals surface area contributed by atoms with Crippen LogP contribution in [0.2, 0.25) is 0 Å². The summed E-state index contributed by atoms with van der Waals surface area (Å²) in [6, 6.07) is 7.20. The minimum Gasteiger partial charge on any atom is -0.507 e. The van der Waals surface area contributed by atoms with Crippen molar-refractivity contribution in [1.29, 1.82) is 0 Å². The predicted octanol–water partition coefficient (Wildman–Crippen LogP) is 3.18. The van der Waals surface area contributed by atoms with E-state index in [0.29, 0.717) is 34.4 Å². The van der Waals surface area contributed by atoms with E-state index in [9.17, 15) is 9.90 Å². The monoisotopic (exact) mass is 260 g/mol. The number of phenols is 1. The van der Waals surface area contributed by atoms with Gasteiger partial charge in [-0.05, 0) is 13.8 Å². The molecule has 1 N–H and O–H groups in total. The third kappa shape index (κ3) is 2.34. The quantitative estimate of drug-likeness (QED) is 0.680. The second kappa shape index (κ2) is 5.18. The third-order valence-electron chi connectivity index (χ3n) is 2.86. The average Bonchev–Trinajstić information content (AvgIpc) is 2.39. The molecule has 2 rings (SSSR count). The van der Waals surface area contributed by atoms with E-state index in [0.717, 1.165) is 0 Å². The summed E-state index contributed by atoms with van der Waals surface area (Å²) in [5.74, 6) is 0.500. The Morgan fingerprint density at radius 1 is 1.21 bits per heavy atom. The molecule has 0 radical (unpaired) electrons. The normalized spacial score (nSPS) is 10.5. The Morgan fingerprint density at radius 2 is 1.84 bits per heavy atom. The van der Waals surface area contributed by atoms with Crippen LogP contribution in [0.25, 0.3) is 10.8 Å². The van der Waals surface area contributed by atoms with E-state index in [2.05, 4.69) is 0 Å². The molecule has 0 fully saturated rings. The molecule has 0 atom stereocenters. The van der Waals surface area contributed by atoms with Crippen molar-refractivity contribution in [2.24, 2.45) is 0 Å². The van der Waals surface area contributed by atoms with Crippen LogP contribution < -0.4 is 9.47 Å². The molecule has 100 valence electrons. The Hall–Kier alpha value is -2.23. The maximum atomic E-state index is 11.3. The number of rotatable bonds is 3. The highest BCUT2D eigenvalue weighted by atomic mass is 16.6. The molecule has 0 aliphatic heterocycles. The molecule has 0 saturated heterocycles. The first kappa shape index (κ1) is 13.2. The molecule has 0 spiro atoms. The molecular weight excluding hydrogens is 244 g/mol. The summed E-state index contributed by atoms with van der Waals surface area (Å²) in [5.41, 5.74) is 0.566. The SMILES string of the molecule is CCOc1c(C)c(O)c2ccccc2c1OC(C)=O. The zero-order valence-electron chi connectivity index (χ0n) is 11.2. The number of benzene rings is 2. The van der Waals surface area contributed by atoms with E-state index in [4.69, 9.17) is 9.47 Å². The van der Waals surface area contributed by atoms with Crippen LogP contribution in [-0.4, -0.2) is 17.7 Å². The fraction of sp³-hybridized carbons (Fsp3) is 0.267. The van der Waals surface area contributed by atoms with Gasteiger partial charge in [0.1, 0.15) is 5.75 Å². The van der Waals surface area contributed by atoms with Gasteiger partial charge in [-0.3, -0.25) is 4.79 Å². The lowest BCUT2D eigenvalue weighted by Gasteiger charge is -2.16. The minimum atomic E-state index is -0.420. The molecule has 0 unspecified atom stereocenters. The van der Waals surface area contributed by atoms with E-state index < -0.39 is 5.97 Å². The van der Waals surface area contributed by atoms with Gasteiger partial charge >= 0.3 is 5.97 Å². The first-order valence-corrected chi connectivity index (χ1v) is 6.11. The summed E-state index contributed by atoms with van der Waals surface area (Å²) in [5, 5.41) is 11.5. The smallest absolute Gasteiger partial charge is 0.308 e. The molecule has 0 amide bonds. The van der Waals surface area contributed by atoms with Gasteiger partial charge in [-0.15, -0.1) is 0 Å². The summed E-state index contributed by atoms with van der Waals surface area (Å²) in [4.78, 5) is 11.3. The van der Waals surface area contributed by atoms with Crippen molar-refractivity contribution < 1.29 is 19.4 Å². The van der Waals surface area contributed by atoms with Gasteiger partial charge in [0.15, 0.2) is 11.5 Å². The van der Waals surface area contributed by atoms with Gasteiger partial charge in [0.05, 0.1) is 6.61 Å². The van der Waals surface area contributed by atoms with E-state index in [1.807, 2.05) is 19.1 Å². The van der Waals surface area contributed by atoms with Gasteiger partial charge in [0.25, 0.3) is 0 Å². The van der Waals surface area contributed by atoms with Crippen molar-refractivity contribution in [2.75, 3.05) is 6.61 Å². The van der Waals surface area contributed by atoms with E-state index in [1.165, 1.54) is 6.92 Å². The lowest BCUT2D eigenvalue weighted by atomic mass is 10.0. The first-order valence-electron chi connectivity index (χ1n) is 6.11. The van der Waals surface area contributed by atoms with Crippen molar-refractivity contribution in [3.8, 4) is 17.2 Å². The largest absolute Gasteiger partial charge is 0.507 e. The fourth-order valence-electron chi connectivity index (χ4n) is 2.05. The Labute approximate surface area is 111 Å². The summed E-state index contributed by atoms with van der Waals surface area (Å²) in [6.07, 6.45) is 0. The molecule has 0 heterocycles. The van der Waals surface area contributed by atoms with Crippen LogP contribution in [0.15, 0.2) is 24.3 Å². The second-order valence-corrected chi connectivity index (χ2v) is 4.20. The number of hydrogen-bond donors (Lipinski definition) is 1. The third-order valence-corrected chi connectivity index (χ3v) is 2.86. The van der Waals surface area contributed by atoms with Crippen LogP contribution in [0.1, 0.15) is 19.4 Å². The van der Waals surface area contributed by atoms with Crippen molar-refractivity contribution in [3.05, 3.63) is 29.8 Å². The van der Waals surface area contributed by atoms with Crippen LogP contribution in [0.5, 0.6) is 17.2 Å². The van der Waals surface area contributed by atoms with Crippen LogP contribution in [0.4, 0.5) is 0 Å². The van der Waals surface area contributed by atoms with Crippen LogP contribution in [0, 0.1) is 6.92 Å². The lowest BCUT2D eigenvalue weighted by molar-refractivity contribution is -0.131. The number of ether oxygens (including phenoxy) is 2. The molecule has 19 heavy (non-hydrogen) atoms. The maximum absolute atomic E-state index is 11.3. The van der Waals surface area contributed by atoms with E-state index in [1.54, 1.807) is 19.1 Å². The van der Waals surface area contributed by atoms with Crippen LogP contribution >= 0.6 is 0 Å². The topological polar surface area (TPSA) is 55.8 Å². The highest BCUT2D eigenvalue weighted by molar-refractivity contribution is 5.98. The molecule has 4 nitrogen and oxygen atoms in total. The van der Waals surface area contributed by atoms with Gasteiger partial charge in [-0.25, -0.2) is 0 Å². The molecule has 2 aromatic carbocycles. The van der Waals surface area contributed by atoms with Gasteiger partial charge in [-0.1, -0.05) is 24.3 Å². The number of hydrogen-bond acceptors (Lipinski definition) is 4. The standard InChI is InChI=1S/C15H16O4/c1-4-18-14-9(2)13(17)11-7-5-6-8-12(11)15(14)19-10(3)16/h5-8,17H,4H2,1-3H3. The molecule has 0 aliphatic carbocycles. The molecule has 0 aliphatic rings.